The smallest absolute Gasteiger partial charge is 0.166 e. The lowest BCUT2D eigenvalue weighted by atomic mass is 9.69. The first-order valence-corrected chi connectivity index (χ1v) is 7.48. The van der Waals surface area contributed by atoms with Gasteiger partial charge in [0.05, 0.1) is 12.5 Å². The SMILES string of the molecule is COc1ccc2c3c1O[C@H]1CCC=C[C@]31CCN(C)C2. The van der Waals surface area contributed by atoms with Gasteiger partial charge in [-0.2, -0.15) is 0 Å². The molecule has 1 aromatic rings. The van der Waals surface area contributed by atoms with Crippen molar-refractivity contribution in [2.45, 2.75) is 37.3 Å². The zero-order valence-corrected chi connectivity index (χ0v) is 12.2. The van der Waals surface area contributed by atoms with E-state index in [1.165, 1.54) is 11.1 Å². The van der Waals surface area contributed by atoms with Crippen LogP contribution in [0.3, 0.4) is 0 Å². The topological polar surface area (TPSA) is 21.7 Å². The summed E-state index contributed by atoms with van der Waals surface area (Å²) in [6.45, 7) is 2.11. The summed E-state index contributed by atoms with van der Waals surface area (Å²) in [5.74, 6) is 1.88. The maximum Gasteiger partial charge on any atom is 0.166 e. The maximum absolute atomic E-state index is 6.34. The van der Waals surface area contributed by atoms with Gasteiger partial charge in [-0.3, -0.25) is 0 Å². The molecule has 4 rings (SSSR count). The van der Waals surface area contributed by atoms with Crippen molar-refractivity contribution in [1.29, 1.82) is 0 Å². The lowest BCUT2D eigenvalue weighted by molar-refractivity contribution is 0.140. The third-order valence-electron chi connectivity index (χ3n) is 5.09. The average molecular weight is 271 g/mol. The fourth-order valence-electron chi connectivity index (χ4n) is 4.10. The Balaban J connectivity index is 1.98. The normalized spacial score (nSPS) is 31.2. The number of hydrogen-bond acceptors (Lipinski definition) is 3. The van der Waals surface area contributed by atoms with Crippen LogP contribution in [0.4, 0.5) is 0 Å². The van der Waals surface area contributed by atoms with Crippen molar-refractivity contribution in [1.82, 2.24) is 4.90 Å². The van der Waals surface area contributed by atoms with Gasteiger partial charge < -0.3 is 14.4 Å². The Morgan fingerprint density at radius 2 is 2.30 bits per heavy atom. The third kappa shape index (κ3) is 1.50. The second-order valence-corrected chi connectivity index (χ2v) is 6.25. The van der Waals surface area contributed by atoms with E-state index in [4.69, 9.17) is 9.47 Å². The molecular formula is C17H21NO2. The van der Waals surface area contributed by atoms with Gasteiger partial charge in [0.2, 0.25) is 0 Å². The van der Waals surface area contributed by atoms with Gasteiger partial charge in [0.25, 0.3) is 0 Å². The number of nitrogens with zero attached hydrogens (tertiary/aromatic N) is 1. The Morgan fingerprint density at radius 3 is 3.15 bits per heavy atom. The summed E-state index contributed by atoms with van der Waals surface area (Å²) in [6, 6.07) is 4.28. The number of allylic oxidation sites excluding steroid dienone is 1. The van der Waals surface area contributed by atoms with Crippen LogP contribution in [0.25, 0.3) is 0 Å². The van der Waals surface area contributed by atoms with E-state index >= 15 is 0 Å². The highest BCUT2D eigenvalue weighted by molar-refractivity contribution is 5.60. The Labute approximate surface area is 120 Å². The molecule has 1 aliphatic carbocycles. The molecule has 0 saturated heterocycles. The van der Waals surface area contributed by atoms with Gasteiger partial charge in [-0.05, 0) is 44.5 Å². The monoisotopic (exact) mass is 271 g/mol. The van der Waals surface area contributed by atoms with Crippen LogP contribution in [0.2, 0.25) is 0 Å². The zero-order valence-electron chi connectivity index (χ0n) is 12.2. The molecule has 2 atom stereocenters. The molecule has 0 bridgehead atoms. The van der Waals surface area contributed by atoms with Crippen molar-refractivity contribution in [3.05, 3.63) is 35.4 Å². The number of hydrogen-bond donors (Lipinski definition) is 0. The average Bonchev–Trinajstić information content (AvgIpc) is 2.74. The molecule has 3 heteroatoms. The lowest BCUT2D eigenvalue weighted by Crippen LogP contribution is -2.39. The lowest BCUT2D eigenvalue weighted by Gasteiger charge is -2.34. The first-order valence-electron chi connectivity index (χ1n) is 7.48. The van der Waals surface area contributed by atoms with Crippen LogP contribution in [0.5, 0.6) is 11.5 Å². The molecule has 20 heavy (non-hydrogen) atoms. The van der Waals surface area contributed by atoms with E-state index in [2.05, 4.69) is 36.2 Å². The van der Waals surface area contributed by atoms with Crippen molar-refractivity contribution >= 4 is 0 Å². The number of benzene rings is 1. The second kappa shape index (κ2) is 4.26. The minimum Gasteiger partial charge on any atom is -0.493 e. The Morgan fingerprint density at radius 1 is 1.40 bits per heavy atom. The van der Waals surface area contributed by atoms with E-state index in [9.17, 15) is 0 Å². The Kier molecular flexibility index (Phi) is 2.61. The summed E-state index contributed by atoms with van der Waals surface area (Å²) >= 11 is 0. The predicted molar refractivity (Wildman–Crippen MR) is 78.4 cm³/mol. The minimum atomic E-state index is 0.0716. The van der Waals surface area contributed by atoms with E-state index < -0.39 is 0 Å². The molecule has 0 radical (unpaired) electrons. The molecule has 0 saturated carbocycles. The molecule has 1 spiro atoms. The van der Waals surface area contributed by atoms with Gasteiger partial charge in [0.1, 0.15) is 6.10 Å². The highest BCUT2D eigenvalue weighted by Gasteiger charge is 2.51. The van der Waals surface area contributed by atoms with Crippen LogP contribution in [0.1, 0.15) is 30.4 Å². The van der Waals surface area contributed by atoms with Gasteiger partial charge in [-0.15, -0.1) is 0 Å². The number of rotatable bonds is 1. The Hall–Kier alpha value is -1.48. The van der Waals surface area contributed by atoms with Crippen molar-refractivity contribution in [2.24, 2.45) is 0 Å². The molecule has 1 aromatic carbocycles. The van der Waals surface area contributed by atoms with Crippen LogP contribution in [0.15, 0.2) is 24.3 Å². The fraction of sp³-hybridized carbons (Fsp3) is 0.529. The van der Waals surface area contributed by atoms with Crippen molar-refractivity contribution in [2.75, 3.05) is 20.7 Å². The van der Waals surface area contributed by atoms with E-state index in [1.807, 2.05) is 0 Å². The summed E-state index contributed by atoms with van der Waals surface area (Å²) < 4.78 is 11.9. The van der Waals surface area contributed by atoms with Gasteiger partial charge >= 0.3 is 0 Å². The highest BCUT2D eigenvalue weighted by atomic mass is 16.5. The van der Waals surface area contributed by atoms with Gasteiger partial charge in [0, 0.05) is 12.1 Å². The molecule has 0 N–H and O–H groups in total. The summed E-state index contributed by atoms with van der Waals surface area (Å²) in [5, 5.41) is 0. The third-order valence-corrected chi connectivity index (χ3v) is 5.09. The van der Waals surface area contributed by atoms with Crippen LogP contribution >= 0.6 is 0 Å². The standard InChI is InChI=1S/C17H21NO2/c1-18-10-9-17-8-4-3-5-14(17)20-16-13(19-2)7-6-12(11-18)15(16)17/h4,6-8,14H,3,5,9-11H2,1-2H3/t14-,17+/m0/s1. The molecule has 0 fully saturated rings. The molecule has 3 nitrogen and oxygen atoms in total. The predicted octanol–water partition coefficient (Wildman–Crippen LogP) is 2.88. The summed E-state index contributed by atoms with van der Waals surface area (Å²) in [6.07, 6.45) is 8.39. The number of methoxy groups -OCH3 is 1. The van der Waals surface area contributed by atoms with Crippen LogP contribution in [-0.2, 0) is 12.0 Å². The van der Waals surface area contributed by atoms with Gasteiger partial charge in [-0.25, -0.2) is 0 Å². The summed E-state index contributed by atoms with van der Waals surface area (Å²) in [5.41, 5.74) is 2.86. The maximum atomic E-state index is 6.34. The molecule has 0 unspecified atom stereocenters. The molecule has 0 aromatic heterocycles. The van der Waals surface area contributed by atoms with Crippen molar-refractivity contribution in [3.63, 3.8) is 0 Å². The Bertz CT molecular complexity index is 581. The largest absolute Gasteiger partial charge is 0.493 e. The second-order valence-electron chi connectivity index (χ2n) is 6.25. The summed E-state index contributed by atoms with van der Waals surface area (Å²) in [4.78, 5) is 2.41. The van der Waals surface area contributed by atoms with Gasteiger partial charge in [0.15, 0.2) is 11.5 Å². The molecular weight excluding hydrogens is 250 g/mol. The van der Waals surface area contributed by atoms with Crippen LogP contribution < -0.4 is 9.47 Å². The number of ether oxygens (including phenoxy) is 2. The van der Waals surface area contributed by atoms with Crippen molar-refractivity contribution < 1.29 is 9.47 Å². The quantitative estimate of drug-likeness (QED) is 0.733. The molecule has 0 amide bonds. The van der Waals surface area contributed by atoms with Gasteiger partial charge in [-0.1, -0.05) is 18.2 Å². The molecule has 3 aliphatic rings. The fourth-order valence-corrected chi connectivity index (χ4v) is 4.10. The van der Waals surface area contributed by atoms with E-state index in [-0.39, 0.29) is 11.5 Å². The molecule has 2 heterocycles. The highest BCUT2D eigenvalue weighted by Crippen LogP contribution is 2.55. The van der Waals surface area contributed by atoms with Crippen molar-refractivity contribution in [3.8, 4) is 11.5 Å². The van der Waals surface area contributed by atoms with E-state index in [0.717, 1.165) is 43.9 Å². The summed E-state index contributed by atoms with van der Waals surface area (Å²) in [7, 11) is 3.94. The molecule has 106 valence electrons. The van der Waals surface area contributed by atoms with Crippen LogP contribution in [-0.4, -0.2) is 31.7 Å². The van der Waals surface area contributed by atoms with E-state index in [0.29, 0.717) is 0 Å². The van der Waals surface area contributed by atoms with Crippen LogP contribution in [0, 0.1) is 0 Å². The first-order chi connectivity index (χ1) is 9.74. The first kappa shape index (κ1) is 12.3. The van der Waals surface area contributed by atoms with E-state index in [1.54, 1.807) is 7.11 Å². The minimum absolute atomic E-state index is 0.0716. The zero-order chi connectivity index (χ0) is 13.7. The molecule has 2 aliphatic heterocycles.